The Morgan fingerprint density at radius 2 is 2.30 bits per heavy atom. The lowest BCUT2D eigenvalue weighted by Crippen LogP contribution is -2.02. The largest absolute Gasteiger partial charge is 0.481 e. The van der Waals surface area contributed by atoms with E-state index in [0.29, 0.717) is 0 Å². The molecular formula is C4H3N3O2S. The van der Waals surface area contributed by atoms with Crippen molar-refractivity contribution in [3.05, 3.63) is 0 Å². The maximum absolute atomic E-state index is 10.0. The maximum Gasteiger partial charge on any atom is 0.311 e. The Bertz CT molecular complexity index is 245. The molecule has 1 rings (SSSR count). The Kier molecular flexibility index (Phi) is 1.81. The molecule has 0 spiro atoms. The predicted octanol–water partition coefficient (Wildman–Crippen LogP) is 0.610. The minimum atomic E-state index is -0.984. The molecular weight excluding hydrogens is 154 g/mol. The monoisotopic (exact) mass is 157 g/mol. The third-order valence-corrected chi connectivity index (χ3v) is 0.958. The van der Waals surface area contributed by atoms with Gasteiger partial charge in [0.25, 0.3) is 0 Å². The summed E-state index contributed by atoms with van der Waals surface area (Å²) < 4.78 is 0. The number of hydrogen-bond donors (Lipinski definition) is 1. The van der Waals surface area contributed by atoms with Crippen molar-refractivity contribution in [2.75, 3.05) is 0 Å². The van der Waals surface area contributed by atoms with Gasteiger partial charge in [0.1, 0.15) is 6.42 Å². The summed E-state index contributed by atoms with van der Waals surface area (Å²) in [7, 11) is 0. The third kappa shape index (κ3) is 1.66. The van der Waals surface area contributed by atoms with Gasteiger partial charge in [-0.05, 0) is 12.2 Å². The Labute approximate surface area is 61.5 Å². The zero-order valence-electron chi connectivity index (χ0n) is 4.81. The summed E-state index contributed by atoms with van der Waals surface area (Å²) in [5.41, 5.74) is 0. The van der Waals surface area contributed by atoms with Crippen LogP contribution in [0.4, 0.5) is 0 Å². The first-order chi connectivity index (χ1) is 4.68. The molecule has 0 amide bonds. The quantitative estimate of drug-likeness (QED) is 0.596. The predicted molar refractivity (Wildman–Crippen MR) is 37.1 cm³/mol. The molecule has 0 bridgehead atoms. The summed E-state index contributed by atoms with van der Waals surface area (Å²) in [6.45, 7) is 0. The van der Waals surface area contributed by atoms with Crippen molar-refractivity contribution in [3.8, 4) is 0 Å². The van der Waals surface area contributed by atoms with E-state index in [1.165, 1.54) is 0 Å². The second kappa shape index (κ2) is 2.61. The van der Waals surface area contributed by atoms with Gasteiger partial charge in [-0.2, -0.15) is 4.99 Å². The van der Waals surface area contributed by atoms with E-state index >= 15 is 0 Å². The van der Waals surface area contributed by atoms with Crippen LogP contribution >= 0.6 is 12.2 Å². The van der Waals surface area contributed by atoms with Crippen LogP contribution in [0.2, 0.25) is 0 Å². The summed E-state index contributed by atoms with van der Waals surface area (Å²) in [5.74, 6) is -0.820. The normalized spacial score (nSPS) is 15.6. The van der Waals surface area contributed by atoms with E-state index in [-0.39, 0.29) is 17.4 Å². The van der Waals surface area contributed by atoms with Gasteiger partial charge in [-0.3, -0.25) is 4.79 Å². The van der Waals surface area contributed by atoms with Crippen molar-refractivity contribution in [3.63, 3.8) is 0 Å². The van der Waals surface area contributed by atoms with E-state index in [1.54, 1.807) is 0 Å². The molecule has 0 aliphatic carbocycles. The van der Waals surface area contributed by atoms with Crippen molar-refractivity contribution < 1.29 is 9.90 Å². The Hall–Kier alpha value is -1.17. The van der Waals surface area contributed by atoms with Gasteiger partial charge in [-0.25, -0.2) is 0 Å². The molecule has 0 saturated carbocycles. The van der Waals surface area contributed by atoms with Gasteiger partial charge in [0.05, 0.1) is 0 Å². The highest BCUT2D eigenvalue weighted by Crippen LogP contribution is 2.01. The molecule has 0 atom stereocenters. The van der Waals surface area contributed by atoms with Crippen molar-refractivity contribution in [1.29, 1.82) is 0 Å². The second-order valence-corrected chi connectivity index (χ2v) is 1.95. The van der Waals surface area contributed by atoms with Gasteiger partial charge in [-0.1, -0.05) is 0 Å². The SMILES string of the molecule is O=C(O)CC1=NC(=S)N=N1. The summed E-state index contributed by atoms with van der Waals surface area (Å²) in [6, 6.07) is 0. The summed E-state index contributed by atoms with van der Waals surface area (Å²) in [4.78, 5) is 13.6. The van der Waals surface area contributed by atoms with Gasteiger partial charge >= 0.3 is 5.97 Å². The van der Waals surface area contributed by atoms with Gasteiger partial charge in [0.2, 0.25) is 5.11 Å². The maximum atomic E-state index is 10.0. The van der Waals surface area contributed by atoms with Gasteiger partial charge in [0.15, 0.2) is 5.84 Å². The summed E-state index contributed by atoms with van der Waals surface area (Å²) in [5, 5.41) is 15.1. The number of thiocarbonyl (C=S) groups is 1. The van der Waals surface area contributed by atoms with Gasteiger partial charge < -0.3 is 5.11 Å². The van der Waals surface area contributed by atoms with Gasteiger partial charge in [-0.15, -0.1) is 10.2 Å². The van der Waals surface area contributed by atoms with Crippen molar-refractivity contribution in [1.82, 2.24) is 0 Å². The first-order valence-electron chi connectivity index (χ1n) is 2.43. The molecule has 0 radical (unpaired) electrons. The molecule has 6 heteroatoms. The molecule has 0 unspecified atom stereocenters. The molecule has 1 aliphatic heterocycles. The van der Waals surface area contributed by atoms with Crippen LogP contribution in [-0.4, -0.2) is 22.0 Å². The summed E-state index contributed by atoms with van der Waals surface area (Å²) >= 11 is 4.51. The molecule has 5 nitrogen and oxygen atoms in total. The van der Waals surface area contributed by atoms with Crippen molar-refractivity contribution in [2.24, 2.45) is 15.2 Å². The zero-order chi connectivity index (χ0) is 7.56. The average Bonchev–Trinajstić information content (AvgIpc) is 2.13. The molecule has 52 valence electrons. The highest BCUT2D eigenvalue weighted by molar-refractivity contribution is 7.80. The fourth-order valence-electron chi connectivity index (χ4n) is 0.466. The van der Waals surface area contributed by atoms with Crippen LogP contribution in [0.3, 0.4) is 0 Å². The number of azo groups is 1. The fourth-order valence-corrected chi connectivity index (χ4v) is 0.612. The van der Waals surface area contributed by atoms with Crippen molar-refractivity contribution >= 4 is 29.1 Å². The number of carboxylic acids is 1. The van der Waals surface area contributed by atoms with Crippen molar-refractivity contribution in [2.45, 2.75) is 6.42 Å². The number of amidine groups is 1. The third-order valence-electron chi connectivity index (χ3n) is 0.785. The van der Waals surface area contributed by atoms with Crippen LogP contribution in [0.15, 0.2) is 15.2 Å². The lowest BCUT2D eigenvalue weighted by atomic mass is 10.4. The molecule has 0 aromatic carbocycles. The minimum Gasteiger partial charge on any atom is -0.481 e. The number of aliphatic carboxylic acids is 1. The first-order valence-corrected chi connectivity index (χ1v) is 2.84. The van der Waals surface area contributed by atoms with Crippen LogP contribution in [0.1, 0.15) is 6.42 Å². The second-order valence-electron chi connectivity index (χ2n) is 1.58. The molecule has 1 heterocycles. The molecule has 0 fully saturated rings. The number of carbonyl (C=O) groups is 1. The summed E-state index contributed by atoms with van der Waals surface area (Å²) in [6.07, 6.45) is -0.219. The van der Waals surface area contributed by atoms with E-state index in [4.69, 9.17) is 5.11 Å². The van der Waals surface area contributed by atoms with Crippen LogP contribution in [0.5, 0.6) is 0 Å². The molecule has 1 N–H and O–H groups in total. The highest BCUT2D eigenvalue weighted by Gasteiger charge is 2.10. The zero-order valence-corrected chi connectivity index (χ0v) is 5.63. The lowest BCUT2D eigenvalue weighted by Gasteiger charge is -1.84. The van der Waals surface area contributed by atoms with Crippen LogP contribution in [0.25, 0.3) is 0 Å². The number of aliphatic imine (C=N–C) groups is 1. The lowest BCUT2D eigenvalue weighted by molar-refractivity contribution is -0.135. The van der Waals surface area contributed by atoms with E-state index < -0.39 is 5.97 Å². The molecule has 10 heavy (non-hydrogen) atoms. The van der Waals surface area contributed by atoms with Crippen LogP contribution in [-0.2, 0) is 4.79 Å². The Morgan fingerprint density at radius 1 is 1.60 bits per heavy atom. The van der Waals surface area contributed by atoms with Gasteiger partial charge in [0, 0.05) is 0 Å². The Morgan fingerprint density at radius 3 is 2.70 bits per heavy atom. The van der Waals surface area contributed by atoms with Crippen LogP contribution < -0.4 is 0 Å². The number of rotatable bonds is 2. The molecule has 1 aliphatic rings. The average molecular weight is 157 g/mol. The number of hydrogen-bond acceptors (Lipinski definition) is 3. The smallest absolute Gasteiger partial charge is 0.311 e. The minimum absolute atomic E-state index is 0.0938. The molecule has 0 aromatic heterocycles. The van der Waals surface area contributed by atoms with E-state index in [9.17, 15) is 4.79 Å². The standard InChI is InChI=1S/C4H3N3O2S/c8-3(9)1-2-5-4(10)7-6-2/h1H2,(H,8,9). The number of carboxylic acid groups (broad SMARTS) is 1. The number of nitrogens with zero attached hydrogens (tertiary/aromatic N) is 3. The first kappa shape index (κ1) is 6.94. The fraction of sp³-hybridized carbons (Fsp3) is 0.250. The molecule has 0 aromatic rings. The highest BCUT2D eigenvalue weighted by atomic mass is 32.1. The van der Waals surface area contributed by atoms with E-state index in [2.05, 4.69) is 27.4 Å². The van der Waals surface area contributed by atoms with E-state index in [0.717, 1.165) is 0 Å². The topological polar surface area (TPSA) is 74.4 Å². The van der Waals surface area contributed by atoms with E-state index in [1.807, 2.05) is 0 Å². The molecule has 0 saturated heterocycles. The Balaban J connectivity index is 2.60. The van der Waals surface area contributed by atoms with Crippen LogP contribution in [0, 0.1) is 0 Å².